The molecule has 1 aliphatic rings. The second-order valence-electron chi connectivity index (χ2n) is 6.43. The van der Waals surface area contributed by atoms with E-state index >= 15 is 0 Å². The van der Waals surface area contributed by atoms with Gasteiger partial charge in [0.05, 0.1) is 30.4 Å². The van der Waals surface area contributed by atoms with Crippen LogP contribution >= 0.6 is 0 Å². The lowest BCUT2D eigenvalue weighted by molar-refractivity contribution is -0.130. The van der Waals surface area contributed by atoms with Gasteiger partial charge in [0.15, 0.2) is 11.5 Å². The van der Waals surface area contributed by atoms with Crippen LogP contribution in [-0.2, 0) is 4.79 Å². The number of carbonyl (C=O) groups is 1. The lowest BCUT2D eigenvalue weighted by Crippen LogP contribution is -2.40. The predicted molar refractivity (Wildman–Crippen MR) is 94.0 cm³/mol. The average molecular weight is 345 g/mol. The maximum atomic E-state index is 12.0. The van der Waals surface area contributed by atoms with Crippen molar-refractivity contribution in [3.8, 4) is 11.5 Å². The summed E-state index contributed by atoms with van der Waals surface area (Å²) in [6.07, 6.45) is 4.92. The maximum absolute atomic E-state index is 12.0. The summed E-state index contributed by atoms with van der Waals surface area (Å²) < 4.78 is 11.5. The fourth-order valence-corrected chi connectivity index (χ4v) is 3.31. The van der Waals surface area contributed by atoms with Crippen molar-refractivity contribution in [3.05, 3.63) is 28.8 Å². The highest BCUT2D eigenvalue weighted by molar-refractivity contribution is 5.81. The molecule has 0 unspecified atom stereocenters. The van der Waals surface area contributed by atoms with E-state index in [1.54, 1.807) is 31.1 Å². The number of fused-ring (bicyclic) bond motifs is 1. The van der Waals surface area contributed by atoms with E-state index < -0.39 is 0 Å². The molecule has 1 saturated carbocycles. The molecule has 1 heterocycles. The number of nitrogens with one attached hydrogen (secondary N) is 1. The van der Waals surface area contributed by atoms with Gasteiger partial charge in [0.25, 0.3) is 5.56 Å². The van der Waals surface area contributed by atoms with Gasteiger partial charge >= 0.3 is 0 Å². The Balaban J connectivity index is 1.76. The van der Waals surface area contributed by atoms with Gasteiger partial charge in [0, 0.05) is 26.1 Å². The smallest absolute Gasteiger partial charge is 0.258 e. The minimum atomic E-state index is -0.204. The van der Waals surface area contributed by atoms with Crippen LogP contribution in [0.3, 0.4) is 0 Å². The molecule has 1 aromatic carbocycles. The zero-order chi connectivity index (χ0) is 18.0. The first kappa shape index (κ1) is 17.3. The lowest BCUT2D eigenvalue weighted by atomic mass is 9.92. The number of aromatic amines is 1. The van der Waals surface area contributed by atoms with Gasteiger partial charge in [0.2, 0.25) is 5.91 Å². The second kappa shape index (κ2) is 7.13. The van der Waals surface area contributed by atoms with Gasteiger partial charge in [0.1, 0.15) is 0 Å². The first-order valence-corrected chi connectivity index (χ1v) is 8.45. The Morgan fingerprint density at radius 2 is 1.96 bits per heavy atom. The summed E-state index contributed by atoms with van der Waals surface area (Å²) in [5, 5.41) is 0.475. The molecular formula is C18H23N3O4. The van der Waals surface area contributed by atoms with Crippen LogP contribution < -0.4 is 15.0 Å². The molecule has 1 aromatic heterocycles. The standard InChI is InChI=1S/C18H23N3O4/c1-11(22)21(2)12-4-6-13(7-5-12)25-17-8-14-15(9-16(17)24-3)19-10-20-18(14)23/h8-10,12-13H,4-7H2,1-3H3,(H,19,20,23)/t12-,13+. The molecule has 0 bridgehead atoms. The molecule has 0 radical (unpaired) electrons. The van der Waals surface area contributed by atoms with Crippen molar-refractivity contribution in [2.75, 3.05) is 14.2 Å². The predicted octanol–water partition coefficient (Wildman–Crippen LogP) is 2.10. The molecule has 2 aromatic rings. The van der Waals surface area contributed by atoms with Crippen molar-refractivity contribution in [2.24, 2.45) is 0 Å². The van der Waals surface area contributed by atoms with Gasteiger partial charge in [-0.15, -0.1) is 0 Å². The van der Waals surface area contributed by atoms with Crippen molar-refractivity contribution in [2.45, 2.75) is 44.8 Å². The number of H-pyrrole nitrogens is 1. The van der Waals surface area contributed by atoms with Gasteiger partial charge in [-0.05, 0) is 31.7 Å². The number of hydrogen-bond acceptors (Lipinski definition) is 5. The van der Waals surface area contributed by atoms with Crippen LogP contribution in [0.4, 0.5) is 0 Å². The number of amides is 1. The van der Waals surface area contributed by atoms with E-state index in [1.165, 1.54) is 6.33 Å². The van der Waals surface area contributed by atoms with Gasteiger partial charge in [-0.2, -0.15) is 0 Å². The van der Waals surface area contributed by atoms with E-state index in [0.717, 1.165) is 25.7 Å². The molecule has 7 heteroatoms. The summed E-state index contributed by atoms with van der Waals surface area (Å²) in [5.74, 6) is 1.21. The Morgan fingerprint density at radius 3 is 2.60 bits per heavy atom. The number of rotatable bonds is 4. The van der Waals surface area contributed by atoms with E-state index in [2.05, 4.69) is 9.97 Å². The zero-order valence-electron chi connectivity index (χ0n) is 14.7. The fourth-order valence-electron chi connectivity index (χ4n) is 3.31. The van der Waals surface area contributed by atoms with Gasteiger partial charge in [-0.25, -0.2) is 4.98 Å². The maximum Gasteiger partial charge on any atom is 0.258 e. The summed E-state index contributed by atoms with van der Waals surface area (Å²) in [4.78, 5) is 32.0. The Kier molecular flexibility index (Phi) is 4.92. The number of benzene rings is 1. The molecule has 0 aliphatic heterocycles. The summed E-state index contributed by atoms with van der Waals surface area (Å²) in [6, 6.07) is 3.67. The molecule has 0 saturated heterocycles. The Labute approximate surface area is 146 Å². The van der Waals surface area contributed by atoms with E-state index in [4.69, 9.17) is 9.47 Å². The van der Waals surface area contributed by atoms with Crippen LogP contribution in [0.15, 0.2) is 23.3 Å². The highest BCUT2D eigenvalue weighted by Gasteiger charge is 2.27. The number of nitrogens with zero attached hydrogens (tertiary/aromatic N) is 2. The van der Waals surface area contributed by atoms with Crippen LogP contribution in [0.2, 0.25) is 0 Å². The molecule has 0 spiro atoms. The Morgan fingerprint density at radius 1 is 1.24 bits per heavy atom. The normalized spacial score (nSPS) is 20.3. The summed E-state index contributed by atoms with van der Waals surface area (Å²) in [6.45, 7) is 1.59. The average Bonchev–Trinajstić information content (AvgIpc) is 2.62. The van der Waals surface area contributed by atoms with Gasteiger partial charge in [-0.1, -0.05) is 0 Å². The third-order valence-electron chi connectivity index (χ3n) is 4.91. The van der Waals surface area contributed by atoms with Gasteiger partial charge in [-0.3, -0.25) is 9.59 Å². The van der Waals surface area contributed by atoms with Crippen LogP contribution in [0.1, 0.15) is 32.6 Å². The molecule has 25 heavy (non-hydrogen) atoms. The minimum Gasteiger partial charge on any atom is -0.493 e. The van der Waals surface area contributed by atoms with Crippen molar-refractivity contribution in [3.63, 3.8) is 0 Å². The monoisotopic (exact) mass is 345 g/mol. The van der Waals surface area contributed by atoms with Crippen molar-refractivity contribution < 1.29 is 14.3 Å². The molecule has 1 N–H and O–H groups in total. The largest absolute Gasteiger partial charge is 0.493 e. The molecule has 7 nitrogen and oxygen atoms in total. The molecule has 1 fully saturated rings. The molecule has 134 valence electrons. The highest BCUT2D eigenvalue weighted by atomic mass is 16.5. The first-order valence-electron chi connectivity index (χ1n) is 8.45. The third-order valence-corrected chi connectivity index (χ3v) is 4.91. The molecule has 0 atom stereocenters. The first-order chi connectivity index (χ1) is 12.0. The summed E-state index contributed by atoms with van der Waals surface area (Å²) >= 11 is 0. The Hall–Kier alpha value is -2.57. The number of carbonyl (C=O) groups excluding carboxylic acids is 1. The molecule has 3 rings (SSSR count). The molecule has 1 amide bonds. The molecule has 1 aliphatic carbocycles. The SMILES string of the molecule is COc1cc2nc[nH]c(=O)c2cc1O[C@H]1CC[C@@H](N(C)C(C)=O)CC1. The van der Waals surface area contributed by atoms with Gasteiger partial charge < -0.3 is 19.4 Å². The van der Waals surface area contributed by atoms with Crippen molar-refractivity contribution >= 4 is 16.8 Å². The van der Waals surface area contributed by atoms with Crippen LogP contribution in [0.25, 0.3) is 10.9 Å². The van der Waals surface area contributed by atoms with Crippen LogP contribution in [0, 0.1) is 0 Å². The van der Waals surface area contributed by atoms with Crippen molar-refractivity contribution in [1.29, 1.82) is 0 Å². The number of hydrogen-bond donors (Lipinski definition) is 1. The summed E-state index contributed by atoms with van der Waals surface area (Å²) in [7, 11) is 3.42. The van der Waals surface area contributed by atoms with E-state index in [-0.39, 0.29) is 23.6 Å². The van der Waals surface area contributed by atoms with E-state index in [0.29, 0.717) is 22.4 Å². The topological polar surface area (TPSA) is 84.5 Å². The number of methoxy groups -OCH3 is 1. The number of aromatic nitrogens is 2. The van der Waals surface area contributed by atoms with E-state index in [9.17, 15) is 9.59 Å². The fraction of sp³-hybridized carbons (Fsp3) is 0.500. The quantitative estimate of drug-likeness (QED) is 0.917. The minimum absolute atomic E-state index is 0.0405. The van der Waals surface area contributed by atoms with Crippen LogP contribution in [-0.4, -0.2) is 47.1 Å². The lowest BCUT2D eigenvalue weighted by Gasteiger charge is -2.34. The van der Waals surface area contributed by atoms with Crippen LogP contribution in [0.5, 0.6) is 11.5 Å². The summed E-state index contributed by atoms with van der Waals surface area (Å²) in [5.41, 5.74) is 0.365. The Bertz CT molecular complexity index is 825. The third kappa shape index (κ3) is 3.60. The van der Waals surface area contributed by atoms with E-state index in [1.807, 2.05) is 7.05 Å². The highest BCUT2D eigenvalue weighted by Crippen LogP contribution is 2.34. The number of ether oxygens (including phenoxy) is 2. The molecular weight excluding hydrogens is 322 g/mol. The second-order valence-corrected chi connectivity index (χ2v) is 6.43. The van der Waals surface area contributed by atoms with Crippen molar-refractivity contribution in [1.82, 2.24) is 14.9 Å². The zero-order valence-corrected chi connectivity index (χ0v) is 14.7.